The summed E-state index contributed by atoms with van der Waals surface area (Å²) in [5, 5.41) is 0.923. The van der Waals surface area contributed by atoms with Crippen molar-refractivity contribution in [3.05, 3.63) is 60.2 Å². The highest BCUT2D eigenvalue weighted by Crippen LogP contribution is 2.42. The Hall–Kier alpha value is -1.61. The van der Waals surface area contributed by atoms with Gasteiger partial charge in [0.25, 0.3) is 0 Å². The van der Waals surface area contributed by atoms with Crippen LogP contribution in [-0.4, -0.2) is 62.2 Å². The molecule has 0 aliphatic rings. The number of nitrogens with zero attached hydrogens (tertiary/aromatic N) is 2. The van der Waals surface area contributed by atoms with Crippen LogP contribution in [-0.2, 0) is 4.57 Å². The van der Waals surface area contributed by atoms with Crippen LogP contribution in [0.25, 0.3) is 0 Å². The first-order chi connectivity index (χ1) is 13.3. The van der Waals surface area contributed by atoms with E-state index < -0.39 is 7.29 Å². The maximum absolute atomic E-state index is 13.3. The standard InChI is InChI=1S/C23H36N2O2P/c1-6-25(7-2,18-19-27-22-13-11-12-21(3)20-22)17-16-24(4)28(5,26)23-14-9-8-10-15-23/h8-15,20H,6-7,16-19H2,1-5H3/q+1. The Morgan fingerprint density at radius 2 is 1.68 bits per heavy atom. The molecular formula is C23H36N2O2P+. The molecule has 0 amide bonds. The van der Waals surface area contributed by atoms with E-state index in [1.165, 1.54) is 5.56 Å². The predicted molar refractivity (Wildman–Crippen MR) is 120 cm³/mol. The number of quaternary nitrogens is 1. The van der Waals surface area contributed by atoms with Gasteiger partial charge in [-0.25, -0.2) is 4.67 Å². The zero-order valence-electron chi connectivity index (χ0n) is 18.1. The van der Waals surface area contributed by atoms with Crippen LogP contribution in [0.5, 0.6) is 5.75 Å². The quantitative estimate of drug-likeness (QED) is 0.412. The number of hydrogen-bond donors (Lipinski definition) is 0. The molecule has 5 heteroatoms. The number of rotatable bonds is 11. The van der Waals surface area contributed by atoms with E-state index in [1.54, 1.807) is 0 Å². The summed E-state index contributed by atoms with van der Waals surface area (Å²) >= 11 is 0. The minimum atomic E-state index is -2.53. The molecule has 0 spiro atoms. The molecule has 0 fully saturated rings. The van der Waals surface area contributed by atoms with E-state index in [-0.39, 0.29) is 0 Å². The zero-order chi connectivity index (χ0) is 20.6. The van der Waals surface area contributed by atoms with E-state index >= 15 is 0 Å². The van der Waals surface area contributed by atoms with Crippen LogP contribution in [0.2, 0.25) is 0 Å². The Kier molecular flexibility index (Phi) is 8.30. The maximum atomic E-state index is 13.3. The van der Waals surface area contributed by atoms with Crippen molar-refractivity contribution >= 4 is 12.6 Å². The van der Waals surface area contributed by atoms with Crippen LogP contribution in [0.15, 0.2) is 54.6 Å². The third-order valence-electron chi connectivity index (χ3n) is 5.95. The number of benzene rings is 2. The number of aryl methyl sites for hydroxylation is 1. The summed E-state index contributed by atoms with van der Waals surface area (Å²) in [6, 6.07) is 18.0. The second-order valence-electron chi connectivity index (χ2n) is 7.68. The lowest BCUT2D eigenvalue weighted by Crippen LogP contribution is -2.53. The van der Waals surface area contributed by atoms with Gasteiger partial charge in [-0.1, -0.05) is 42.5 Å². The summed E-state index contributed by atoms with van der Waals surface area (Å²) in [5.41, 5.74) is 1.21. The average molecular weight is 404 g/mol. The van der Waals surface area contributed by atoms with Crippen LogP contribution >= 0.6 is 7.29 Å². The lowest BCUT2D eigenvalue weighted by molar-refractivity contribution is -0.924. The predicted octanol–water partition coefficient (Wildman–Crippen LogP) is 4.40. The molecule has 2 rings (SSSR count). The minimum Gasteiger partial charge on any atom is -0.488 e. The molecule has 0 bridgehead atoms. The van der Waals surface area contributed by atoms with Gasteiger partial charge in [0.1, 0.15) is 18.9 Å². The Bertz CT molecular complexity index is 775. The van der Waals surface area contributed by atoms with Crippen molar-refractivity contribution in [1.29, 1.82) is 0 Å². The van der Waals surface area contributed by atoms with E-state index in [1.807, 2.05) is 60.8 Å². The highest BCUT2D eigenvalue weighted by atomic mass is 31.2. The molecule has 154 valence electrons. The summed E-state index contributed by atoms with van der Waals surface area (Å²) < 4.78 is 22.3. The van der Waals surface area contributed by atoms with E-state index in [0.29, 0.717) is 6.61 Å². The van der Waals surface area contributed by atoms with Crippen LogP contribution in [0.4, 0.5) is 0 Å². The molecule has 0 saturated carbocycles. The Balaban J connectivity index is 1.96. The summed E-state index contributed by atoms with van der Waals surface area (Å²) in [7, 11) is -0.547. The SMILES string of the molecule is CC[N+](CC)(CCOc1cccc(C)c1)CCN(C)P(C)(=O)c1ccccc1. The van der Waals surface area contributed by atoms with Crippen molar-refractivity contribution in [2.45, 2.75) is 20.8 Å². The van der Waals surface area contributed by atoms with E-state index in [4.69, 9.17) is 4.74 Å². The van der Waals surface area contributed by atoms with Crippen LogP contribution in [0, 0.1) is 6.92 Å². The monoisotopic (exact) mass is 403 g/mol. The second kappa shape index (κ2) is 10.2. The topological polar surface area (TPSA) is 29.5 Å². The highest BCUT2D eigenvalue weighted by molar-refractivity contribution is 7.68. The molecule has 0 N–H and O–H groups in total. The van der Waals surface area contributed by atoms with Gasteiger partial charge < -0.3 is 13.8 Å². The minimum absolute atomic E-state index is 0.692. The Morgan fingerprint density at radius 1 is 1.00 bits per heavy atom. The summed E-state index contributed by atoms with van der Waals surface area (Å²) in [4.78, 5) is 0. The number of hydrogen-bond acceptors (Lipinski definition) is 2. The normalized spacial score (nSPS) is 14.1. The molecule has 0 aromatic heterocycles. The van der Waals surface area contributed by atoms with E-state index in [9.17, 15) is 4.57 Å². The number of ether oxygens (including phenoxy) is 1. The van der Waals surface area contributed by atoms with Gasteiger partial charge in [-0.05, 0) is 45.5 Å². The van der Waals surface area contributed by atoms with Crippen molar-refractivity contribution in [2.24, 2.45) is 0 Å². The Labute approximate surface area is 171 Å². The molecule has 2 aromatic carbocycles. The fourth-order valence-corrected chi connectivity index (χ4v) is 5.07. The smallest absolute Gasteiger partial charge is 0.175 e. The first-order valence-corrected chi connectivity index (χ1v) is 12.3. The lowest BCUT2D eigenvalue weighted by Gasteiger charge is -2.38. The molecular weight excluding hydrogens is 367 g/mol. The van der Waals surface area contributed by atoms with Gasteiger partial charge in [0.15, 0.2) is 7.29 Å². The molecule has 1 atom stereocenters. The van der Waals surface area contributed by atoms with Crippen molar-refractivity contribution < 1.29 is 13.8 Å². The molecule has 1 unspecified atom stereocenters. The second-order valence-corrected chi connectivity index (χ2v) is 10.6. The molecule has 0 radical (unpaired) electrons. The van der Waals surface area contributed by atoms with Gasteiger partial charge in [-0.3, -0.25) is 0 Å². The van der Waals surface area contributed by atoms with Crippen LogP contribution < -0.4 is 10.0 Å². The first-order valence-electron chi connectivity index (χ1n) is 10.2. The maximum Gasteiger partial charge on any atom is 0.175 e. The van der Waals surface area contributed by atoms with Crippen molar-refractivity contribution in [3.63, 3.8) is 0 Å². The van der Waals surface area contributed by atoms with Gasteiger partial charge in [-0.15, -0.1) is 0 Å². The van der Waals surface area contributed by atoms with Crippen LogP contribution in [0.3, 0.4) is 0 Å². The van der Waals surface area contributed by atoms with Gasteiger partial charge in [0.05, 0.1) is 26.2 Å². The third-order valence-corrected chi connectivity index (χ3v) is 8.71. The molecule has 0 aliphatic carbocycles. The molecule has 0 saturated heterocycles. The van der Waals surface area contributed by atoms with Gasteiger partial charge in [-0.2, -0.15) is 0 Å². The lowest BCUT2D eigenvalue weighted by atomic mass is 10.2. The van der Waals surface area contributed by atoms with E-state index in [0.717, 1.165) is 48.3 Å². The van der Waals surface area contributed by atoms with Crippen molar-refractivity contribution in [1.82, 2.24) is 4.67 Å². The first kappa shape index (κ1) is 22.7. The van der Waals surface area contributed by atoms with E-state index in [2.05, 4.69) is 32.9 Å². The van der Waals surface area contributed by atoms with Gasteiger partial charge in [0, 0.05) is 12.0 Å². The van der Waals surface area contributed by atoms with Crippen LogP contribution in [0.1, 0.15) is 19.4 Å². The summed E-state index contributed by atoms with van der Waals surface area (Å²) in [6.45, 7) is 13.9. The average Bonchev–Trinajstić information content (AvgIpc) is 2.71. The van der Waals surface area contributed by atoms with Crippen molar-refractivity contribution in [3.8, 4) is 5.75 Å². The summed E-state index contributed by atoms with van der Waals surface area (Å²) in [6.07, 6.45) is 0. The van der Waals surface area contributed by atoms with Gasteiger partial charge in [0.2, 0.25) is 0 Å². The fourth-order valence-electron chi connectivity index (χ4n) is 3.48. The fraction of sp³-hybridized carbons (Fsp3) is 0.478. The van der Waals surface area contributed by atoms with Crippen molar-refractivity contribution in [2.75, 3.05) is 53.0 Å². The third kappa shape index (κ3) is 5.94. The zero-order valence-corrected chi connectivity index (χ0v) is 19.0. The summed E-state index contributed by atoms with van der Waals surface area (Å²) in [5.74, 6) is 0.935. The molecule has 28 heavy (non-hydrogen) atoms. The molecule has 0 heterocycles. The highest BCUT2D eigenvalue weighted by Gasteiger charge is 2.29. The number of likely N-dealkylation sites (N-methyl/N-ethyl adjacent to an activating group) is 2. The molecule has 2 aromatic rings. The molecule has 4 nitrogen and oxygen atoms in total. The van der Waals surface area contributed by atoms with Gasteiger partial charge >= 0.3 is 0 Å². The largest absolute Gasteiger partial charge is 0.488 e. The Morgan fingerprint density at radius 3 is 2.29 bits per heavy atom. The molecule has 0 aliphatic heterocycles.